The Labute approximate surface area is 101 Å². The number of aryl methyl sites for hydroxylation is 3. The molecule has 2 nitrogen and oxygen atoms in total. The summed E-state index contributed by atoms with van der Waals surface area (Å²) in [7, 11) is 0. The molecule has 2 heteroatoms. The van der Waals surface area contributed by atoms with E-state index in [1.165, 1.54) is 16.7 Å². The van der Waals surface area contributed by atoms with Crippen LogP contribution < -0.4 is 0 Å². The van der Waals surface area contributed by atoms with E-state index in [0.717, 1.165) is 29.9 Å². The zero-order chi connectivity index (χ0) is 11.8. The Morgan fingerprint density at radius 2 is 2.00 bits per heavy atom. The Bertz CT molecular complexity index is 573. The number of benzene rings is 1. The van der Waals surface area contributed by atoms with Gasteiger partial charge < -0.3 is 4.52 Å². The molecule has 17 heavy (non-hydrogen) atoms. The SMILES string of the molecule is Cc1noc(C)c1C1=CCCc2ccccc21. The summed E-state index contributed by atoms with van der Waals surface area (Å²) in [6.07, 6.45) is 4.52. The molecule has 0 atom stereocenters. The Hall–Kier alpha value is -1.83. The van der Waals surface area contributed by atoms with Gasteiger partial charge in [0.15, 0.2) is 0 Å². The smallest absolute Gasteiger partial charge is 0.141 e. The van der Waals surface area contributed by atoms with Crippen molar-refractivity contribution in [2.24, 2.45) is 0 Å². The van der Waals surface area contributed by atoms with Crippen LogP contribution in [0.25, 0.3) is 5.57 Å². The third-order valence-electron chi connectivity index (χ3n) is 3.37. The fourth-order valence-corrected chi connectivity index (χ4v) is 2.59. The molecule has 0 saturated heterocycles. The fourth-order valence-electron chi connectivity index (χ4n) is 2.59. The summed E-state index contributed by atoms with van der Waals surface area (Å²) in [5.74, 6) is 0.908. The minimum atomic E-state index is 0.908. The lowest BCUT2D eigenvalue weighted by atomic mass is 9.86. The normalized spacial score (nSPS) is 14.4. The summed E-state index contributed by atoms with van der Waals surface area (Å²) in [5, 5.41) is 4.05. The molecule has 86 valence electrons. The van der Waals surface area contributed by atoms with Crippen LogP contribution in [0.3, 0.4) is 0 Å². The number of fused-ring (bicyclic) bond motifs is 1. The molecule has 1 aromatic carbocycles. The molecule has 0 saturated carbocycles. The van der Waals surface area contributed by atoms with Crippen molar-refractivity contribution in [2.75, 3.05) is 0 Å². The van der Waals surface area contributed by atoms with Crippen molar-refractivity contribution in [3.8, 4) is 0 Å². The number of allylic oxidation sites excluding steroid dienone is 1. The quantitative estimate of drug-likeness (QED) is 0.740. The van der Waals surface area contributed by atoms with Gasteiger partial charge in [-0.15, -0.1) is 0 Å². The number of hydrogen-bond acceptors (Lipinski definition) is 2. The van der Waals surface area contributed by atoms with Crippen molar-refractivity contribution in [1.82, 2.24) is 5.16 Å². The molecular formula is C15H15NO. The lowest BCUT2D eigenvalue weighted by molar-refractivity contribution is 0.393. The van der Waals surface area contributed by atoms with Gasteiger partial charge in [-0.05, 0) is 43.4 Å². The van der Waals surface area contributed by atoms with Crippen LogP contribution in [0.2, 0.25) is 0 Å². The first-order valence-corrected chi connectivity index (χ1v) is 5.99. The standard InChI is InChI=1S/C15H15NO/c1-10-15(11(2)17-16-10)14-9-5-7-12-6-3-4-8-13(12)14/h3-4,6,8-9H,5,7H2,1-2H3. The molecule has 0 aliphatic heterocycles. The maximum atomic E-state index is 5.27. The van der Waals surface area contributed by atoms with Crippen LogP contribution in [0.15, 0.2) is 34.9 Å². The molecule has 2 aromatic rings. The number of aromatic nitrogens is 1. The first kappa shape index (κ1) is 10.3. The van der Waals surface area contributed by atoms with Crippen molar-refractivity contribution in [1.29, 1.82) is 0 Å². The van der Waals surface area contributed by atoms with Gasteiger partial charge in [-0.25, -0.2) is 0 Å². The minimum absolute atomic E-state index is 0.908. The number of nitrogens with zero attached hydrogens (tertiary/aromatic N) is 1. The maximum Gasteiger partial charge on any atom is 0.141 e. The van der Waals surface area contributed by atoms with E-state index in [4.69, 9.17) is 4.52 Å². The van der Waals surface area contributed by atoms with Crippen molar-refractivity contribution in [3.63, 3.8) is 0 Å². The van der Waals surface area contributed by atoms with Gasteiger partial charge in [-0.2, -0.15) is 0 Å². The molecule has 1 heterocycles. The van der Waals surface area contributed by atoms with E-state index >= 15 is 0 Å². The predicted octanol–water partition coefficient (Wildman–Crippen LogP) is 3.67. The van der Waals surface area contributed by atoms with Crippen LogP contribution >= 0.6 is 0 Å². The van der Waals surface area contributed by atoms with Gasteiger partial charge in [0.25, 0.3) is 0 Å². The highest BCUT2D eigenvalue weighted by Gasteiger charge is 2.19. The average molecular weight is 225 g/mol. The van der Waals surface area contributed by atoms with Crippen LogP contribution in [0.4, 0.5) is 0 Å². The molecule has 0 unspecified atom stereocenters. The largest absolute Gasteiger partial charge is 0.361 e. The third-order valence-corrected chi connectivity index (χ3v) is 3.37. The van der Waals surface area contributed by atoms with Crippen LogP contribution in [-0.4, -0.2) is 5.16 Å². The van der Waals surface area contributed by atoms with Gasteiger partial charge in [-0.3, -0.25) is 0 Å². The lowest BCUT2D eigenvalue weighted by Crippen LogP contribution is -2.01. The second-order valence-corrected chi connectivity index (χ2v) is 4.51. The Morgan fingerprint density at radius 3 is 2.76 bits per heavy atom. The second kappa shape index (κ2) is 3.88. The van der Waals surface area contributed by atoms with Gasteiger partial charge in [0.2, 0.25) is 0 Å². The summed E-state index contributed by atoms with van der Waals surface area (Å²) in [6, 6.07) is 8.60. The Morgan fingerprint density at radius 1 is 1.18 bits per heavy atom. The van der Waals surface area contributed by atoms with E-state index in [9.17, 15) is 0 Å². The molecular weight excluding hydrogens is 210 g/mol. The Kier molecular flexibility index (Phi) is 2.36. The van der Waals surface area contributed by atoms with Crippen molar-refractivity contribution < 1.29 is 4.52 Å². The molecule has 0 spiro atoms. The molecule has 1 aliphatic carbocycles. The summed E-state index contributed by atoms with van der Waals surface area (Å²) in [4.78, 5) is 0. The highest BCUT2D eigenvalue weighted by atomic mass is 16.5. The molecule has 1 aromatic heterocycles. The zero-order valence-electron chi connectivity index (χ0n) is 10.2. The zero-order valence-corrected chi connectivity index (χ0v) is 10.2. The van der Waals surface area contributed by atoms with Gasteiger partial charge in [-0.1, -0.05) is 35.5 Å². The van der Waals surface area contributed by atoms with E-state index in [-0.39, 0.29) is 0 Å². The lowest BCUT2D eigenvalue weighted by Gasteiger charge is -2.17. The van der Waals surface area contributed by atoms with Crippen molar-refractivity contribution >= 4 is 5.57 Å². The summed E-state index contributed by atoms with van der Waals surface area (Å²) >= 11 is 0. The van der Waals surface area contributed by atoms with Crippen LogP contribution in [0, 0.1) is 13.8 Å². The highest BCUT2D eigenvalue weighted by molar-refractivity contribution is 5.84. The van der Waals surface area contributed by atoms with E-state index in [1.54, 1.807) is 0 Å². The van der Waals surface area contributed by atoms with E-state index < -0.39 is 0 Å². The summed E-state index contributed by atoms with van der Waals surface area (Å²) < 4.78 is 5.27. The first-order valence-electron chi connectivity index (χ1n) is 5.99. The van der Waals surface area contributed by atoms with E-state index in [2.05, 4.69) is 35.5 Å². The molecule has 3 rings (SSSR count). The highest BCUT2D eigenvalue weighted by Crippen LogP contribution is 2.34. The monoisotopic (exact) mass is 225 g/mol. The molecule has 0 amide bonds. The molecule has 0 N–H and O–H groups in total. The van der Waals surface area contributed by atoms with Crippen molar-refractivity contribution in [3.05, 3.63) is 58.5 Å². The van der Waals surface area contributed by atoms with Gasteiger partial charge in [0, 0.05) is 5.56 Å². The van der Waals surface area contributed by atoms with E-state index in [1.807, 2.05) is 13.8 Å². The Balaban J connectivity index is 2.20. The summed E-state index contributed by atoms with van der Waals surface area (Å²) in [6.45, 7) is 3.98. The van der Waals surface area contributed by atoms with Gasteiger partial charge in [0.1, 0.15) is 5.76 Å². The van der Waals surface area contributed by atoms with Gasteiger partial charge >= 0.3 is 0 Å². The molecule has 0 fully saturated rings. The molecule has 0 bridgehead atoms. The third kappa shape index (κ3) is 1.60. The molecule has 0 radical (unpaired) electrons. The average Bonchev–Trinajstić information content (AvgIpc) is 2.69. The van der Waals surface area contributed by atoms with Crippen LogP contribution in [-0.2, 0) is 6.42 Å². The topological polar surface area (TPSA) is 26.0 Å². The first-order chi connectivity index (χ1) is 8.27. The van der Waals surface area contributed by atoms with Crippen LogP contribution in [0.1, 0.15) is 34.6 Å². The molecule has 1 aliphatic rings. The van der Waals surface area contributed by atoms with Crippen LogP contribution in [0.5, 0.6) is 0 Å². The van der Waals surface area contributed by atoms with Gasteiger partial charge in [0.05, 0.1) is 5.69 Å². The number of hydrogen-bond donors (Lipinski definition) is 0. The number of rotatable bonds is 1. The fraction of sp³-hybridized carbons (Fsp3) is 0.267. The minimum Gasteiger partial charge on any atom is -0.361 e. The second-order valence-electron chi connectivity index (χ2n) is 4.51. The summed E-state index contributed by atoms with van der Waals surface area (Å²) in [5.41, 5.74) is 6.17. The predicted molar refractivity (Wildman–Crippen MR) is 67.8 cm³/mol. The van der Waals surface area contributed by atoms with Crippen molar-refractivity contribution in [2.45, 2.75) is 26.7 Å². The maximum absolute atomic E-state index is 5.27. The van der Waals surface area contributed by atoms with E-state index in [0.29, 0.717) is 0 Å².